The third kappa shape index (κ3) is 4.69. The average Bonchev–Trinajstić information content (AvgIpc) is 2.91. The maximum atomic E-state index is 12.5. The van der Waals surface area contributed by atoms with Crippen LogP contribution in [0.4, 0.5) is 10.5 Å². The van der Waals surface area contributed by atoms with Crippen molar-refractivity contribution in [2.24, 2.45) is 0 Å². The number of hydrogen-bond acceptors (Lipinski definition) is 5. The van der Waals surface area contributed by atoms with E-state index in [4.69, 9.17) is 16.3 Å². The van der Waals surface area contributed by atoms with Crippen LogP contribution in [0.15, 0.2) is 53.4 Å². The number of nitrogens with zero attached hydrogens (tertiary/aromatic N) is 1. The number of carbonyl (C=O) groups is 3. The van der Waals surface area contributed by atoms with Gasteiger partial charge in [0.05, 0.1) is 12.0 Å². The maximum absolute atomic E-state index is 12.5. The van der Waals surface area contributed by atoms with Crippen LogP contribution in [0.25, 0.3) is 6.08 Å². The van der Waals surface area contributed by atoms with Crippen LogP contribution in [-0.2, 0) is 9.59 Å². The zero-order valence-electron chi connectivity index (χ0n) is 14.3. The summed E-state index contributed by atoms with van der Waals surface area (Å²) in [6, 6.07) is 13.6. The summed E-state index contributed by atoms with van der Waals surface area (Å²) in [7, 11) is 1.55. The summed E-state index contributed by atoms with van der Waals surface area (Å²) in [5.74, 6) is -0.300. The smallest absolute Gasteiger partial charge is 0.294 e. The molecule has 1 N–H and O–H groups in total. The van der Waals surface area contributed by atoms with E-state index >= 15 is 0 Å². The molecule has 1 aliphatic heterocycles. The van der Waals surface area contributed by atoms with Crippen molar-refractivity contribution in [3.63, 3.8) is 0 Å². The van der Waals surface area contributed by atoms with E-state index in [2.05, 4.69) is 5.32 Å². The number of ether oxygens (including phenoxy) is 1. The fourth-order valence-corrected chi connectivity index (χ4v) is 3.33. The van der Waals surface area contributed by atoms with Gasteiger partial charge in [-0.1, -0.05) is 23.7 Å². The number of nitrogens with one attached hydrogen (secondary N) is 1. The Bertz CT molecular complexity index is 910. The van der Waals surface area contributed by atoms with Gasteiger partial charge in [-0.05, 0) is 59.8 Å². The minimum Gasteiger partial charge on any atom is -0.497 e. The highest BCUT2D eigenvalue weighted by molar-refractivity contribution is 8.18. The Hall–Kier alpha value is -2.77. The van der Waals surface area contributed by atoms with Gasteiger partial charge in [-0.2, -0.15) is 0 Å². The van der Waals surface area contributed by atoms with Crippen molar-refractivity contribution >= 4 is 52.2 Å². The van der Waals surface area contributed by atoms with Crippen LogP contribution in [0.2, 0.25) is 5.02 Å². The number of rotatable bonds is 5. The van der Waals surface area contributed by atoms with Gasteiger partial charge in [-0.25, -0.2) is 0 Å². The molecule has 138 valence electrons. The molecule has 27 heavy (non-hydrogen) atoms. The zero-order chi connectivity index (χ0) is 19.4. The number of carbonyl (C=O) groups excluding carboxylic acids is 3. The van der Waals surface area contributed by atoms with E-state index < -0.39 is 17.1 Å². The maximum Gasteiger partial charge on any atom is 0.294 e. The van der Waals surface area contributed by atoms with Crippen LogP contribution >= 0.6 is 23.4 Å². The molecule has 0 atom stereocenters. The summed E-state index contributed by atoms with van der Waals surface area (Å²) in [4.78, 5) is 37.9. The molecule has 8 heteroatoms. The lowest BCUT2D eigenvalue weighted by atomic mass is 10.2. The van der Waals surface area contributed by atoms with Crippen molar-refractivity contribution < 1.29 is 19.1 Å². The lowest BCUT2D eigenvalue weighted by Crippen LogP contribution is -2.36. The molecule has 1 fully saturated rings. The van der Waals surface area contributed by atoms with Gasteiger partial charge in [-0.15, -0.1) is 0 Å². The first-order chi connectivity index (χ1) is 13.0. The second-order valence-corrected chi connectivity index (χ2v) is 7.03. The first kappa shape index (κ1) is 19.0. The van der Waals surface area contributed by atoms with Gasteiger partial charge in [-0.3, -0.25) is 19.3 Å². The Morgan fingerprint density at radius 1 is 1.15 bits per heavy atom. The number of imide groups is 1. The van der Waals surface area contributed by atoms with Crippen molar-refractivity contribution in [2.45, 2.75) is 0 Å². The molecule has 0 radical (unpaired) electrons. The first-order valence-electron chi connectivity index (χ1n) is 7.91. The molecule has 2 aromatic rings. The highest BCUT2D eigenvalue weighted by Crippen LogP contribution is 2.32. The summed E-state index contributed by atoms with van der Waals surface area (Å²) in [5, 5.41) is 2.75. The van der Waals surface area contributed by atoms with Crippen molar-refractivity contribution in [3.05, 3.63) is 64.0 Å². The lowest BCUT2D eigenvalue weighted by Gasteiger charge is -2.12. The highest BCUT2D eigenvalue weighted by Gasteiger charge is 2.36. The number of benzene rings is 2. The van der Waals surface area contributed by atoms with E-state index in [9.17, 15) is 14.4 Å². The van der Waals surface area contributed by atoms with Gasteiger partial charge in [0.2, 0.25) is 5.91 Å². The van der Waals surface area contributed by atoms with Crippen LogP contribution in [0.3, 0.4) is 0 Å². The fraction of sp³-hybridized carbons (Fsp3) is 0.105. The van der Waals surface area contributed by atoms with E-state index in [0.717, 1.165) is 22.2 Å². The zero-order valence-corrected chi connectivity index (χ0v) is 15.8. The molecule has 1 aliphatic rings. The predicted molar refractivity (Wildman–Crippen MR) is 106 cm³/mol. The Balaban J connectivity index is 1.65. The molecule has 3 rings (SSSR count). The number of amides is 3. The summed E-state index contributed by atoms with van der Waals surface area (Å²) in [6.45, 7) is -0.353. The first-order valence-corrected chi connectivity index (χ1v) is 9.10. The van der Waals surface area contributed by atoms with E-state index in [1.165, 1.54) is 0 Å². The van der Waals surface area contributed by atoms with Crippen LogP contribution in [0.5, 0.6) is 5.75 Å². The topological polar surface area (TPSA) is 75.7 Å². The highest BCUT2D eigenvalue weighted by atomic mass is 35.5. The summed E-state index contributed by atoms with van der Waals surface area (Å²) in [5.41, 5.74) is 1.29. The molecule has 2 aromatic carbocycles. The minimum absolute atomic E-state index is 0.263. The van der Waals surface area contributed by atoms with E-state index in [1.54, 1.807) is 61.7 Å². The molecule has 6 nitrogen and oxygen atoms in total. The lowest BCUT2D eigenvalue weighted by molar-refractivity contribution is -0.127. The number of anilines is 1. The SMILES string of the molecule is COc1ccc(NC(=O)CN2C(=O)S/C(=C/c3ccc(Cl)cc3)C2=O)cc1. The molecule has 0 unspecified atom stereocenters. The number of methoxy groups -OCH3 is 1. The molecule has 0 aromatic heterocycles. The van der Waals surface area contributed by atoms with E-state index in [1.807, 2.05) is 0 Å². The molecule has 1 saturated heterocycles. The van der Waals surface area contributed by atoms with Crippen LogP contribution in [0.1, 0.15) is 5.56 Å². The molecular weight excluding hydrogens is 388 g/mol. The molecule has 0 bridgehead atoms. The van der Waals surface area contributed by atoms with Crippen molar-refractivity contribution in [2.75, 3.05) is 19.0 Å². The van der Waals surface area contributed by atoms with Gasteiger partial charge in [0.15, 0.2) is 0 Å². The number of hydrogen-bond donors (Lipinski definition) is 1. The summed E-state index contributed by atoms with van der Waals surface area (Å²) >= 11 is 6.64. The third-order valence-corrected chi connectivity index (χ3v) is 4.88. The average molecular weight is 403 g/mol. The minimum atomic E-state index is -0.496. The quantitative estimate of drug-likeness (QED) is 0.764. The Labute approximate surface area is 165 Å². The molecule has 0 spiro atoms. The Kier molecular flexibility index (Phi) is 5.83. The van der Waals surface area contributed by atoms with Crippen molar-refractivity contribution in [1.29, 1.82) is 0 Å². The standard InChI is InChI=1S/C19H15ClN2O4S/c1-26-15-8-6-14(7-9-15)21-17(23)11-22-18(24)16(27-19(22)25)10-12-2-4-13(20)5-3-12/h2-10H,11H2,1H3,(H,21,23)/b16-10+. The van der Waals surface area contributed by atoms with Crippen LogP contribution < -0.4 is 10.1 Å². The second kappa shape index (κ2) is 8.28. The van der Waals surface area contributed by atoms with Crippen molar-refractivity contribution in [1.82, 2.24) is 4.90 Å². The molecular formula is C19H15ClN2O4S. The molecule has 1 heterocycles. The normalized spacial score (nSPS) is 15.3. The largest absolute Gasteiger partial charge is 0.497 e. The summed E-state index contributed by atoms with van der Waals surface area (Å²) in [6.07, 6.45) is 1.60. The second-order valence-electron chi connectivity index (χ2n) is 5.60. The van der Waals surface area contributed by atoms with E-state index in [-0.39, 0.29) is 11.4 Å². The third-order valence-electron chi connectivity index (χ3n) is 3.72. The molecule has 3 amide bonds. The molecule has 0 saturated carbocycles. The Morgan fingerprint density at radius 3 is 2.44 bits per heavy atom. The van der Waals surface area contributed by atoms with E-state index in [0.29, 0.717) is 16.5 Å². The monoisotopic (exact) mass is 402 g/mol. The number of thioether (sulfide) groups is 1. The van der Waals surface area contributed by atoms with Crippen LogP contribution in [0, 0.1) is 0 Å². The number of halogens is 1. The van der Waals surface area contributed by atoms with Gasteiger partial charge in [0, 0.05) is 10.7 Å². The molecule has 0 aliphatic carbocycles. The predicted octanol–water partition coefficient (Wildman–Crippen LogP) is 4.02. The van der Waals surface area contributed by atoms with Gasteiger partial charge >= 0.3 is 0 Å². The van der Waals surface area contributed by atoms with Crippen LogP contribution in [-0.4, -0.2) is 35.6 Å². The van der Waals surface area contributed by atoms with Gasteiger partial charge in [0.25, 0.3) is 11.1 Å². The fourth-order valence-electron chi connectivity index (χ4n) is 2.37. The van der Waals surface area contributed by atoms with Gasteiger partial charge in [0.1, 0.15) is 12.3 Å². The summed E-state index contributed by atoms with van der Waals surface area (Å²) < 4.78 is 5.05. The van der Waals surface area contributed by atoms with Gasteiger partial charge < -0.3 is 10.1 Å². The van der Waals surface area contributed by atoms with Crippen molar-refractivity contribution in [3.8, 4) is 5.75 Å². The Morgan fingerprint density at radius 2 is 1.81 bits per heavy atom.